The Bertz CT molecular complexity index is 705. The van der Waals surface area contributed by atoms with Gasteiger partial charge in [-0.2, -0.15) is 96.6 Å². The lowest BCUT2D eigenvalue weighted by Gasteiger charge is -2.49. The van der Waals surface area contributed by atoms with Crippen molar-refractivity contribution in [1.82, 2.24) is 4.90 Å². The van der Waals surface area contributed by atoms with Gasteiger partial charge >= 0.3 is 60.4 Å². The molecule has 0 radical (unpaired) electrons. The molecule has 0 fully saturated rings. The van der Waals surface area contributed by atoms with E-state index in [1.54, 1.807) is 0 Å². The van der Waals surface area contributed by atoms with E-state index in [0.717, 1.165) is 0 Å². The first kappa shape index (κ1) is 32.4. The maximum atomic E-state index is 13.9. The van der Waals surface area contributed by atoms with Crippen LogP contribution in [0.5, 0.6) is 0 Å². The van der Waals surface area contributed by atoms with E-state index < -0.39 is 65.3 Å². The minimum absolute atomic E-state index is 5.57. The maximum absolute atomic E-state index is 13.9. The average Bonchev–Trinajstić information content (AvgIpc) is 2.47. The normalized spacial score (nSPS) is 18.4. The van der Waals surface area contributed by atoms with Crippen LogP contribution in [-0.4, -0.2) is 65.3 Å². The van der Waals surface area contributed by atoms with E-state index in [-0.39, 0.29) is 0 Å². The van der Waals surface area contributed by atoms with E-state index >= 15 is 0 Å². The zero-order valence-corrected chi connectivity index (χ0v) is 14.1. The molecule has 0 amide bonds. The molecule has 0 bridgehead atoms. The van der Waals surface area contributed by atoms with E-state index in [2.05, 4.69) is 0 Å². The third-order valence-corrected chi connectivity index (χ3v) is 3.51. The Morgan fingerprint density at radius 3 is 0.706 bits per heavy atom. The highest BCUT2D eigenvalue weighted by Crippen LogP contribution is 2.65. The second-order valence-corrected chi connectivity index (χ2v) is 5.76. The number of halogens is 23. The molecule has 0 saturated heterocycles. The zero-order chi connectivity index (χ0) is 28.6. The molecule has 0 aliphatic carbocycles. The first-order chi connectivity index (χ1) is 14.1. The van der Waals surface area contributed by atoms with Crippen LogP contribution in [0, 0.1) is 0 Å². The van der Waals surface area contributed by atoms with E-state index in [0.29, 0.717) is 0 Å². The lowest BCUT2D eigenvalue weighted by Crippen LogP contribution is -2.82. The predicted octanol–water partition coefficient (Wildman–Crippen LogP) is 7.29. The van der Waals surface area contributed by atoms with Gasteiger partial charge in [-0.25, -0.2) is 4.39 Å². The lowest BCUT2D eigenvalue weighted by molar-refractivity contribution is -0.523. The number of nitrogens with zero attached hydrogens (tertiary/aromatic N) is 1. The largest absolute Gasteiger partial charge is 0.469 e. The van der Waals surface area contributed by atoms with E-state index in [4.69, 9.17) is 0 Å². The minimum Gasteiger partial charge on any atom is -0.218 e. The molecule has 1 atom stereocenters. The van der Waals surface area contributed by atoms with Gasteiger partial charge in [0.15, 0.2) is 0 Å². The predicted molar refractivity (Wildman–Crippen MR) is 54.6 cm³/mol. The van der Waals surface area contributed by atoms with Crippen molar-refractivity contribution in [1.29, 1.82) is 0 Å². The Balaban J connectivity index is 7.93. The molecule has 0 aliphatic heterocycles. The van der Waals surface area contributed by atoms with Crippen molar-refractivity contribution in [2.75, 3.05) is 0 Å². The summed E-state index contributed by atoms with van der Waals surface area (Å²) >= 11 is 0. The molecule has 0 heterocycles. The molecule has 0 aliphatic rings. The summed E-state index contributed by atoms with van der Waals surface area (Å²) in [7, 11) is 0. The monoisotopic (exact) mass is 571 g/mol. The summed E-state index contributed by atoms with van der Waals surface area (Å²) in [4.78, 5) is -5.57. The summed E-state index contributed by atoms with van der Waals surface area (Å²) in [6, 6.07) is -27.3. The topological polar surface area (TPSA) is 3.24 Å². The summed E-state index contributed by atoms with van der Waals surface area (Å²) in [5, 5.41) is 0. The van der Waals surface area contributed by atoms with E-state index in [1.807, 2.05) is 0 Å². The zero-order valence-electron chi connectivity index (χ0n) is 14.1. The molecule has 0 aromatic carbocycles. The fourth-order valence-electron chi connectivity index (χ4n) is 1.87. The first-order valence-electron chi connectivity index (χ1n) is 6.77. The molecule has 0 N–H and O–H groups in total. The van der Waals surface area contributed by atoms with Crippen LogP contribution in [0.1, 0.15) is 0 Å². The van der Waals surface area contributed by atoms with Crippen molar-refractivity contribution in [3.63, 3.8) is 0 Å². The standard InChI is InChI=1S/C10F23N/c11-1(4(16,17)18,2(12,13)3(14,15)5(19,20)21)8(28,29)34(9(30,31)6(22,23)24)10(32,33)7(25,26)27. The van der Waals surface area contributed by atoms with Gasteiger partial charge in [0.1, 0.15) is 0 Å². The van der Waals surface area contributed by atoms with Crippen LogP contribution in [0.4, 0.5) is 101 Å². The number of alkyl halides is 23. The molecule has 0 spiro atoms. The number of rotatable bonds is 6. The second-order valence-electron chi connectivity index (χ2n) is 5.76. The summed E-state index contributed by atoms with van der Waals surface area (Å²) < 4.78 is 293. The smallest absolute Gasteiger partial charge is 0.218 e. The fraction of sp³-hybridized carbons (Fsp3) is 1.00. The molecular formula is C10F23N. The van der Waals surface area contributed by atoms with Crippen molar-refractivity contribution < 1.29 is 101 Å². The van der Waals surface area contributed by atoms with Crippen LogP contribution >= 0.6 is 0 Å². The molecular weight excluding hydrogens is 571 g/mol. The Morgan fingerprint density at radius 2 is 0.529 bits per heavy atom. The summed E-state index contributed by atoms with van der Waals surface area (Å²) in [5.41, 5.74) is -9.63. The van der Waals surface area contributed by atoms with Crippen LogP contribution in [0.25, 0.3) is 0 Å². The van der Waals surface area contributed by atoms with Gasteiger partial charge in [0.2, 0.25) is 0 Å². The van der Waals surface area contributed by atoms with Gasteiger partial charge in [-0.3, -0.25) is 0 Å². The Morgan fingerprint density at radius 1 is 0.265 bits per heavy atom. The number of hydrogen-bond acceptors (Lipinski definition) is 1. The molecule has 1 nitrogen and oxygen atoms in total. The Kier molecular flexibility index (Phi) is 7.30. The van der Waals surface area contributed by atoms with Gasteiger partial charge in [0.05, 0.1) is 0 Å². The third-order valence-electron chi connectivity index (χ3n) is 3.51. The van der Waals surface area contributed by atoms with Crippen LogP contribution in [0.15, 0.2) is 0 Å². The van der Waals surface area contributed by atoms with Crippen molar-refractivity contribution in [3.8, 4) is 0 Å². The molecule has 0 aromatic heterocycles. The van der Waals surface area contributed by atoms with Gasteiger partial charge < -0.3 is 0 Å². The van der Waals surface area contributed by atoms with Crippen LogP contribution in [0.2, 0.25) is 0 Å². The quantitative estimate of drug-likeness (QED) is 0.239. The molecule has 0 aromatic rings. The van der Waals surface area contributed by atoms with Crippen molar-refractivity contribution in [2.24, 2.45) is 0 Å². The lowest BCUT2D eigenvalue weighted by atomic mass is 9.87. The summed E-state index contributed by atoms with van der Waals surface area (Å²) in [6.07, 6.45) is -34.0. The van der Waals surface area contributed by atoms with E-state index in [1.165, 1.54) is 0 Å². The maximum Gasteiger partial charge on any atom is 0.469 e. The molecule has 34 heavy (non-hydrogen) atoms. The van der Waals surface area contributed by atoms with Gasteiger partial charge in [-0.1, -0.05) is 0 Å². The second kappa shape index (κ2) is 7.67. The van der Waals surface area contributed by atoms with Gasteiger partial charge in [-0.05, 0) is 0 Å². The van der Waals surface area contributed by atoms with Crippen LogP contribution in [0.3, 0.4) is 0 Å². The fourth-order valence-corrected chi connectivity index (χ4v) is 1.87. The molecule has 206 valence electrons. The average molecular weight is 571 g/mol. The van der Waals surface area contributed by atoms with Crippen LogP contribution < -0.4 is 0 Å². The molecule has 1 unspecified atom stereocenters. The van der Waals surface area contributed by atoms with Crippen molar-refractivity contribution >= 4 is 0 Å². The summed E-state index contributed by atoms with van der Waals surface area (Å²) in [5.74, 6) is -18.2. The van der Waals surface area contributed by atoms with Gasteiger partial charge in [0.25, 0.3) is 0 Å². The van der Waals surface area contributed by atoms with Crippen molar-refractivity contribution in [2.45, 2.75) is 60.4 Å². The third kappa shape index (κ3) is 4.15. The molecule has 24 heteroatoms. The SMILES string of the molecule is FC(F)(F)C(F)(F)N(C(F)(F)C(F)(F)F)C(F)(F)C(F)(C(F)(F)F)C(F)(F)C(F)(F)C(F)(F)F. The number of hydrogen-bond donors (Lipinski definition) is 0. The van der Waals surface area contributed by atoms with Crippen molar-refractivity contribution in [3.05, 3.63) is 0 Å². The Hall–Kier alpha value is -1.65. The summed E-state index contributed by atoms with van der Waals surface area (Å²) in [6.45, 7) is 0. The first-order valence-corrected chi connectivity index (χ1v) is 6.77. The Labute approximate surface area is 168 Å². The highest BCUT2D eigenvalue weighted by molar-refractivity contribution is 5.17. The van der Waals surface area contributed by atoms with Crippen LogP contribution in [-0.2, 0) is 0 Å². The minimum atomic E-state index is -9.63. The highest BCUT2D eigenvalue weighted by Gasteiger charge is 2.97. The highest BCUT2D eigenvalue weighted by atomic mass is 19.4. The molecule has 0 rings (SSSR count). The van der Waals surface area contributed by atoms with E-state index in [9.17, 15) is 101 Å². The van der Waals surface area contributed by atoms with Gasteiger partial charge in [0, 0.05) is 0 Å². The molecule has 0 saturated carbocycles. The van der Waals surface area contributed by atoms with Gasteiger partial charge in [-0.15, -0.1) is 4.90 Å².